The Balaban J connectivity index is 1.32. The standard InChI is InChI=1S/C15H21N3O3/c19-13-3-4-14(20)18(13)6-5-16-15(21)17-9-12-8-10-1-2-11(12)7-10/h3-4,10-12H,1-2,5-9H2,(H2,16,17,21). The normalized spacial score (nSPS) is 30.3. The first-order chi connectivity index (χ1) is 10.1. The van der Waals surface area contributed by atoms with Crippen LogP contribution in [0.5, 0.6) is 0 Å². The molecule has 0 saturated heterocycles. The van der Waals surface area contributed by atoms with Crippen LogP contribution >= 0.6 is 0 Å². The average Bonchev–Trinajstić information content (AvgIpc) is 3.16. The predicted molar refractivity (Wildman–Crippen MR) is 76.2 cm³/mol. The molecule has 0 aromatic heterocycles. The first kappa shape index (κ1) is 14.1. The summed E-state index contributed by atoms with van der Waals surface area (Å²) in [6.45, 7) is 1.23. The second kappa shape index (κ2) is 5.87. The van der Waals surface area contributed by atoms with Crippen LogP contribution < -0.4 is 10.6 Å². The highest BCUT2D eigenvalue weighted by Gasteiger charge is 2.39. The van der Waals surface area contributed by atoms with Crippen LogP contribution in [-0.4, -0.2) is 42.4 Å². The molecule has 4 amide bonds. The highest BCUT2D eigenvalue weighted by molar-refractivity contribution is 6.12. The van der Waals surface area contributed by atoms with Gasteiger partial charge in [-0.25, -0.2) is 4.79 Å². The molecule has 0 radical (unpaired) electrons. The van der Waals surface area contributed by atoms with Crippen molar-refractivity contribution in [3.63, 3.8) is 0 Å². The lowest BCUT2D eigenvalue weighted by atomic mass is 9.89. The monoisotopic (exact) mass is 291 g/mol. The summed E-state index contributed by atoms with van der Waals surface area (Å²) in [6, 6.07) is -0.218. The largest absolute Gasteiger partial charge is 0.338 e. The van der Waals surface area contributed by atoms with E-state index in [9.17, 15) is 14.4 Å². The van der Waals surface area contributed by atoms with Crippen LogP contribution in [0, 0.1) is 17.8 Å². The van der Waals surface area contributed by atoms with Gasteiger partial charge in [-0.05, 0) is 37.0 Å². The minimum absolute atomic E-state index is 0.214. The number of rotatable bonds is 5. The van der Waals surface area contributed by atoms with Crippen LogP contribution in [0.25, 0.3) is 0 Å². The van der Waals surface area contributed by atoms with Gasteiger partial charge in [-0.2, -0.15) is 0 Å². The zero-order valence-corrected chi connectivity index (χ0v) is 12.0. The summed E-state index contributed by atoms with van der Waals surface area (Å²) in [6.07, 6.45) is 7.74. The average molecular weight is 291 g/mol. The SMILES string of the molecule is O=C(NCCN1C(=O)C=CC1=O)NCC1CC2CCC1C2. The number of imide groups is 1. The van der Waals surface area contributed by atoms with Crippen molar-refractivity contribution in [1.29, 1.82) is 0 Å². The second-order valence-corrected chi connectivity index (χ2v) is 6.23. The Morgan fingerprint density at radius 2 is 1.90 bits per heavy atom. The Kier molecular flexibility index (Phi) is 3.94. The highest BCUT2D eigenvalue weighted by atomic mass is 16.2. The molecule has 114 valence electrons. The molecule has 3 aliphatic rings. The third kappa shape index (κ3) is 3.09. The maximum atomic E-state index is 11.7. The maximum Gasteiger partial charge on any atom is 0.314 e. The van der Waals surface area contributed by atoms with Crippen molar-refractivity contribution in [1.82, 2.24) is 15.5 Å². The second-order valence-electron chi connectivity index (χ2n) is 6.23. The van der Waals surface area contributed by atoms with Crippen molar-refractivity contribution in [2.24, 2.45) is 17.8 Å². The van der Waals surface area contributed by atoms with Gasteiger partial charge in [0, 0.05) is 31.8 Å². The molecule has 0 spiro atoms. The van der Waals surface area contributed by atoms with E-state index >= 15 is 0 Å². The van der Waals surface area contributed by atoms with Gasteiger partial charge in [0.05, 0.1) is 0 Å². The quantitative estimate of drug-likeness (QED) is 0.730. The summed E-state index contributed by atoms with van der Waals surface area (Å²) in [4.78, 5) is 35.5. The fourth-order valence-electron chi connectivity index (χ4n) is 3.85. The number of urea groups is 1. The van der Waals surface area contributed by atoms with Gasteiger partial charge in [0.1, 0.15) is 0 Å². The van der Waals surface area contributed by atoms with Gasteiger partial charge in [0.15, 0.2) is 0 Å². The molecule has 2 saturated carbocycles. The first-order valence-electron chi connectivity index (χ1n) is 7.68. The fourth-order valence-corrected chi connectivity index (χ4v) is 3.85. The van der Waals surface area contributed by atoms with Gasteiger partial charge < -0.3 is 10.6 Å². The molecule has 3 atom stereocenters. The first-order valence-corrected chi connectivity index (χ1v) is 7.68. The van der Waals surface area contributed by atoms with E-state index in [2.05, 4.69) is 10.6 Å². The van der Waals surface area contributed by atoms with E-state index in [0.717, 1.165) is 23.3 Å². The zero-order valence-electron chi connectivity index (χ0n) is 12.0. The molecule has 2 N–H and O–H groups in total. The number of carbonyl (C=O) groups excluding carboxylic acids is 3. The van der Waals surface area contributed by atoms with E-state index in [-0.39, 0.29) is 30.9 Å². The fraction of sp³-hybridized carbons (Fsp3) is 0.667. The van der Waals surface area contributed by atoms with Crippen molar-refractivity contribution >= 4 is 17.8 Å². The van der Waals surface area contributed by atoms with E-state index in [1.165, 1.54) is 37.8 Å². The van der Waals surface area contributed by atoms with Gasteiger partial charge in [0.2, 0.25) is 0 Å². The van der Waals surface area contributed by atoms with Crippen LogP contribution in [-0.2, 0) is 9.59 Å². The molecule has 0 aromatic carbocycles. The lowest BCUT2D eigenvalue weighted by Gasteiger charge is -2.22. The molecule has 0 aromatic rings. The molecule has 3 unspecified atom stereocenters. The topological polar surface area (TPSA) is 78.5 Å². The molecule has 6 nitrogen and oxygen atoms in total. The summed E-state index contributed by atoms with van der Waals surface area (Å²) in [5.74, 6) is 1.67. The number of hydrogen-bond donors (Lipinski definition) is 2. The summed E-state index contributed by atoms with van der Waals surface area (Å²) in [5.41, 5.74) is 0. The van der Waals surface area contributed by atoms with Gasteiger partial charge in [-0.3, -0.25) is 14.5 Å². The molecule has 1 aliphatic heterocycles. The third-order valence-corrected chi connectivity index (χ3v) is 4.93. The summed E-state index contributed by atoms with van der Waals surface area (Å²) in [7, 11) is 0. The van der Waals surface area contributed by atoms with Crippen LogP contribution in [0.3, 0.4) is 0 Å². The molecule has 2 bridgehead atoms. The van der Waals surface area contributed by atoms with Crippen LogP contribution in [0.4, 0.5) is 4.79 Å². The summed E-state index contributed by atoms with van der Waals surface area (Å²) in [5, 5.41) is 5.60. The number of fused-ring (bicyclic) bond motifs is 2. The van der Waals surface area contributed by atoms with E-state index in [4.69, 9.17) is 0 Å². The Hall–Kier alpha value is -1.85. The van der Waals surface area contributed by atoms with Gasteiger partial charge >= 0.3 is 6.03 Å². The Morgan fingerprint density at radius 3 is 2.52 bits per heavy atom. The minimum atomic E-state index is -0.316. The van der Waals surface area contributed by atoms with E-state index in [1.54, 1.807) is 0 Å². The predicted octanol–water partition coefficient (Wildman–Crippen LogP) is 0.647. The van der Waals surface area contributed by atoms with Crippen LogP contribution in [0.15, 0.2) is 12.2 Å². The van der Waals surface area contributed by atoms with E-state index < -0.39 is 0 Å². The number of nitrogens with zero attached hydrogens (tertiary/aromatic N) is 1. The Bertz CT molecular complexity index is 471. The Labute approximate surface area is 123 Å². The van der Waals surface area contributed by atoms with E-state index in [0.29, 0.717) is 5.92 Å². The molecule has 6 heteroatoms. The van der Waals surface area contributed by atoms with Gasteiger partial charge in [-0.15, -0.1) is 0 Å². The van der Waals surface area contributed by atoms with Crippen molar-refractivity contribution in [2.75, 3.05) is 19.6 Å². The number of carbonyl (C=O) groups is 3. The lowest BCUT2D eigenvalue weighted by molar-refractivity contribution is -0.136. The van der Waals surface area contributed by atoms with Crippen molar-refractivity contribution in [3.8, 4) is 0 Å². The summed E-state index contributed by atoms with van der Waals surface area (Å²) >= 11 is 0. The lowest BCUT2D eigenvalue weighted by Crippen LogP contribution is -2.43. The van der Waals surface area contributed by atoms with Crippen molar-refractivity contribution in [3.05, 3.63) is 12.2 Å². The molecular weight excluding hydrogens is 270 g/mol. The van der Waals surface area contributed by atoms with Crippen molar-refractivity contribution in [2.45, 2.75) is 25.7 Å². The molecular formula is C15H21N3O3. The molecule has 2 aliphatic carbocycles. The smallest absolute Gasteiger partial charge is 0.314 e. The van der Waals surface area contributed by atoms with Gasteiger partial charge in [0.25, 0.3) is 11.8 Å². The number of hydrogen-bond acceptors (Lipinski definition) is 3. The van der Waals surface area contributed by atoms with Crippen LogP contribution in [0.1, 0.15) is 25.7 Å². The summed E-state index contributed by atoms with van der Waals surface area (Å²) < 4.78 is 0. The molecule has 2 fully saturated rings. The van der Waals surface area contributed by atoms with Gasteiger partial charge in [-0.1, -0.05) is 6.42 Å². The molecule has 21 heavy (non-hydrogen) atoms. The molecule has 1 heterocycles. The maximum absolute atomic E-state index is 11.7. The van der Waals surface area contributed by atoms with Crippen LogP contribution in [0.2, 0.25) is 0 Å². The van der Waals surface area contributed by atoms with Crippen molar-refractivity contribution < 1.29 is 14.4 Å². The molecule has 3 rings (SSSR count). The highest BCUT2D eigenvalue weighted by Crippen LogP contribution is 2.47. The van der Waals surface area contributed by atoms with E-state index in [1.807, 2.05) is 0 Å². The zero-order chi connectivity index (χ0) is 14.8. The Morgan fingerprint density at radius 1 is 1.14 bits per heavy atom. The number of amides is 4. The minimum Gasteiger partial charge on any atom is -0.338 e. The third-order valence-electron chi connectivity index (χ3n) is 4.93. The number of nitrogens with one attached hydrogen (secondary N) is 2.